The Morgan fingerprint density at radius 1 is 0.625 bits per heavy atom. The summed E-state index contributed by atoms with van der Waals surface area (Å²) in [7, 11) is 0. The van der Waals surface area contributed by atoms with Crippen LogP contribution in [0.5, 0.6) is 0 Å². The van der Waals surface area contributed by atoms with Gasteiger partial charge in [0.15, 0.2) is 0 Å². The molecule has 4 rings (SSSR count). The highest BCUT2D eigenvalue weighted by Gasteiger charge is 2.16. The highest BCUT2D eigenvalue weighted by Crippen LogP contribution is 2.42. The molecular weight excluding hydrogens is 290 g/mol. The maximum absolute atomic E-state index is 6.69. The molecule has 118 valence electrons. The minimum Gasteiger partial charge on any atom is -0.398 e. The van der Waals surface area contributed by atoms with Crippen molar-refractivity contribution in [1.29, 1.82) is 0 Å². The molecule has 2 N–H and O–H groups in total. The number of nitrogens with two attached hydrogens (primary N) is 1. The van der Waals surface area contributed by atoms with Crippen molar-refractivity contribution in [3.63, 3.8) is 0 Å². The van der Waals surface area contributed by atoms with Crippen molar-refractivity contribution in [2.45, 2.75) is 19.8 Å². The largest absolute Gasteiger partial charge is 0.398 e. The Bertz CT molecular complexity index is 1040. The van der Waals surface area contributed by atoms with Crippen molar-refractivity contribution >= 4 is 27.2 Å². The number of benzene rings is 4. The van der Waals surface area contributed by atoms with E-state index in [1.807, 2.05) is 0 Å². The van der Waals surface area contributed by atoms with Gasteiger partial charge in [-0.2, -0.15) is 0 Å². The van der Waals surface area contributed by atoms with Gasteiger partial charge in [-0.3, -0.25) is 0 Å². The molecule has 1 nitrogen and oxygen atoms in total. The summed E-state index contributed by atoms with van der Waals surface area (Å²) in [6.07, 6.45) is 0. The van der Waals surface area contributed by atoms with Crippen LogP contribution in [0.1, 0.15) is 25.3 Å². The molecule has 4 aromatic rings. The second kappa shape index (κ2) is 5.68. The molecule has 0 saturated carbocycles. The van der Waals surface area contributed by atoms with Gasteiger partial charge in [0.2, 0.25) is 0 Å². The van der Waals surface area contributed by atoms with Gasteiger partial charge in [-0.1, -0.05) is 86.6 Å². The topological polar surface area (TPSA) is 26.0 Å². The molecule has 0 spiro atoms. The first-order valence-electron chi connectivity index (χ1n) is 8.46. The van der Waals surface area contributed by atoms with Crippen molar-refractivity contribution in [2.75, 3.05) is 5.73 Å². The number of rotatable bonds is 2. The average Bonchev–Trinajstić information content (AvgIpc) is 2.62. The molecule has 0 aliphatic rings. The van der Waals surface area contributed by atoms with Gasteiger partial charge in [-0.25, -0.2) is 0 Å². The number of anilines is 1. The lowest BCUT2D eigenvalue weighted by Gasteiger charge is -2.19. The fraction of sp³-hybridized carbons (Fsp3) is 0.130. The van der Waals surface area contributed by atoms with E-state index in [4.69, 9.17) is 5.73 Å². The lowest BCUT2D eigenvalue weighted by molar-refractivity contribution is 0.869. The summed E-state index contributed by atoms with van der Waals surface area (Å²) < 4.78 is 0. The SMILES string of the molecule is CC(C)c1ccccc1-c1c(N)c2ccccc2c2ccccc12. The average molecular weight is 311 g/mol. The second-order valence-corrected chi connectivity index (χ2v) is 6.62. The zero-order valence-corrected chi connectivity index (χ0v) is 14.1. The van der Waals surface area contributed by atoms with Crippen LogP contribution in [0.2, 0.25) is 0 Å². The van der Waals surface area contributed by atoms with E-state index < -0.39 is 0 Å². The summed E-state index contributed by atoms with van der Waals surface area (Å²) in [6, 6.07) is 25.6. The summed E-state index contributed by atoms with van der Waals surface area (Å²) >= 11 is 0. The predicted octanol–water partition coefficient (Wildman–Crippen LogP) is 6.37. The molecule has 0 amide bonds. The van der Waals surface area contributed by atoms with Crippen LogP contribution in [0.25, 0.3) is 32.7 Å². The summed E-state index contributed by atoms with van der Waals surface area (Å²) in [5, 5.41) is 4.83. The maximum atomic E-state index is 6.69. The van der Waals surface area contributed by atoms with Crippen LogP contribution < -0.4 is 5.73 Å². The Morgan fingerprint density at radius 2 is 1.12 bits per heavy atom. The van der Waals surface area contributed by atoms with E-state index in [0.29, 0.717) is 5.92 Å². The van der Waals surface area contributed by atoms with E-state index in [1.54, 1.807) is 0 Å². The Hall–Kier alpha value is -2.80. The van der Waals surface area contributed by atoms with E-state index in [0.717, 1.165) is 16.6 Å². The van der Waals surface area contributed by atoms with Crippen LogP contribution in [0.15, 0.2) is 72.8 Å². The summed E-state index contributed by atoms with van der Waals surface area (Å²) in [6.45, 7) is 4.47. The Balaban J connectivity index is 2.22. The first kappa shape index (κ1) is 14.8. The van der Waals surface area contributed by atoms with Gasteiger partial charge in [0.25, 0.3) is 0 Å². The molecule has 0 unspecified atom stereocenters. The molecular formula is C23H21N. The number of nitrogen functional groups attached to an aromatic ring is 1. The lowest BCUT2D eigenvalue weighted by atomic mass is 9.86. The van der Waals surface area contributed by atoms with Crippen molar-refractivity contribution < 1.29 is 0 Å². The van der Waals surface area contributed by atoms with Crippen LogP contribution in [-0.2, 0) is 0 Å². The quantitative estimate of drug-likeness (QED) is 0.338. The third-order valence-electron chi connectivity index (χ3n) is 4.83. The zero-order valence-electron chi connectivity index (χ0n) is 14.1. The van der Waals surface area contributed by atoms with Gasteiger partial charge in [0, 0.05) is 16.6 Å². The van der Waals surface area contributed by atoms with E-state index in [2.05, 4.69) is 86.6 Å². The van der Waals surface area contributed by atoms with Crippen molar-refractivity contribution in [3.8, 4) is 11.1 Å². The molecule has 0 bridgehead atoms. The van der Waals surface area contributed by atoms with E-state index in [-0.39, 0.29) is 0 Å². The van der Waals surface area contributed by atoms with Crippen LogP contribution >= 0.6 is 0 Å². The van der Waals surface area contributed by atoms with Crippen LogP contribution in [0.3, 0.4) is 0 Å². The Morgan fingerprint density at radius 3 is 1.79 bits per heavy atom. The molecule has 0 heterocycles. The normalized spacial score (nSPS) is 11.5. The van der Waals surface area contributed by atoms with Crippen molar-refractivity contribution in [2.24, 2.45) is 0 Å². The minimum atomic E-state index is 0.450. The van der Waals surface area contributed by atoms with Crippen molar-refractivity contribution in [1.82, 2.24) is 0 Å². The first-order valence-corrected chi connectivity index (χ1v) is 8.46. The highest BCUT2D eigenvalue weighted by molar-refractivity contribution is 6.20. The third kappa shape index (κ3) is 2.16. The van der Waals surface area contributed by atoms with Crippen LogP contribution in [-0.4, -0.2) is 0 Å². The zero-order chi connectivity index (χ0) is 16.7. The summed E-state index contributed by atoms with van der Waals surface area (Å²) in [5.74, 6) is 0.450. The lowest BCUT2D eigenvalue weighted by Crippen LogP contribution is -1.98. The van der Waals surface area contributed by atoms with E-state index >= 15 is 0 Å². The summed E-state index contributed by atoms with van der Waals surface area (Å²) in [5.41, 5.74) is 11.3. The number of hydrogen-bond acceptors (Lipinski definition) is 1. The van der Waals surface area contributed by atoms with Gasteiger partial charge < -0.3 is 5.73 Å². The molecule has 0 aliphatic carbocycles. The molecule has 24 heavy (non-hydrogen) atoms. The monoisotopic (exact) mass is 311 g/mol. The first-order chi connectivity index (χ1) is 11.7. The van der Waals surface area contributed by atoms with Crippen molar-refractivity contribution in [3.05, 3.63) is 78.4 Å². The fourth-order valence-corrected chi connectivity index (χ4v) is 3.69. The molecule has 4 aromatic carbocycles. The van der Waals surface area contributed by atoms with Gasteiger partial charge in [-0.05, 0) is 33.2 Å². The second-order valence-electron chi connectivity index (χ2n) is 6.62. The van der Waals surface area contributed by atoms with Gasteiger partial charge >= 0.3 is 0 Å². The van der Waals surface area contributed by atoms with Gasteiger partial charge in [0.05, 0.1) is 0 Å². The van der Waals surface area contributed by atoms with Gasteiger partial charge in [-0.15, -0.1) is 0 Å². The molecule has 0 aliphatic heterocycles. The standard InChI is InChI=1S/C23H21N/c1-15(2)16-9-3-6-12-19(16)22-20-13-7-4-10-17(20)18-11-5-8-14-21(18)23(22)24/h3-15H,24H2,1-2H3. The smallest absolute Gasteiger partial charge is 0.0480 e. The molecule has 0 radical (unpaired) electrons. The molecule has 0 aromatic heterocycles. The minimum absolute atomic E-state index is 0.450. The van der Waals surface area contributed by atoms with E-state index in [9.17, 15) is 0 Å². The molecule has 0 saturated heterocycles. The molecule has 1 heteroatoms. The van der Waals surface area contributed by atoms with Crippen LogP contribution in [0.4, 0.5) is 5.69 Å². The Kier molecular flexibility index (Phi) is 3.50. The molecule has 0 fully saturated rings. The Labute approximate surface area is 142 Å². The third-order valence-corrected chi connectivity index (χ3v) is 4.83. The highest BCUT2D eigenvalue weighted by atomic mass is 14.6. The number of hydrogen-bond donors (Lipinski definition) is 1. The van der Waals surface area contributed by atoms with E-state index in [1.165, 1.54) is 27.3 Å². The maximum Gasteiger partial charge on any atom is 0.0480 e. The fourth-order valence-electron chi connectivity index (χ4n) is 3.69. The summed E-state index contributed by atoms with van der Waals surface area (Å²) in [4.78, 5) is 0. The predicted molar refractivity (Wildman–Crippen MR) is 105 cm³/mol. The number of fused-ring (bicyclic) bond motifs is 3. The van der Waals surface area contributed by atoms with Gasteiger partial charge in [0.1, 0.15) is 0 Å². The molecule has 0 atom stereocenters. The van der Waals surface area contributed by atoms with Crippen LogP contribution in [0, 0.1) is 0 Å².